The molecule has 13 heteroatoms. The maximum atomic E-state index is 12.5. The largest absolute Gasteiger partial charge is 0.367 e. The van der Waals surface area contributed by atoms with E-state index < -0.39 is 38.7 Å². The van der Waals surface area contributed by atoms with Gasteiger partial charge in [-0.25, -0.2) is 4.79 Å². The van der Waals surface area contributed by atoms with E-state index in [0.717, 1.165) is 12.1 Å². The van der Waals surface area contributed by atoms with Crippen LogP contribution in [0.3, 0.4) is 0 Å². The van der Waals surface area contributed by atoms with Crippen molar-refractivity contribution < 1.29 is 19.4 Å². The Morgan fingerprint density at radius 1 is 0.931 bits per heavy atom. The number of nitro groups is 2. The van der Waals surface area contributed by atoms with Gasteiger partial charge in [-0.1, -0.05) is 24.3 Å². The average Bonchev–Trinajstić information content (AvgIpc) is 3.07. The molecule has 1 heterocycles. The van der Waals surface area contributed by atoms with Crippen molar-refractivity contribution in [3.05, 3.63) is 90.4 Å². The van der Waals surface area contributed by atoms with Gasteiger partial charge in [-0.3, -0.25) is 35.1 Å². The summed E-state index contributed by atoms with van der Waals surface area (Å²) in [4.78, 5) is 61.0. The number of nitrogens with one attached hydrogen (secondary N) is 1. The number of hydrogen-bond donors (Lipinski definition) is 1. The highest BCUT2D eigenvalue weighted by Gasteiger charge is 2.25. The Hall–Kier alpha value is -4.26. The Morgan fingerprint density at radius 3 is 2.03 bits per heavy atom. The van der Waals surface area contributed by atoms with Crippen LogP contribution in [0.1, 0.15) is 20.7 Å². The molecule has 0 spiro atoms. The lowest BCUT2D eigenvalue weighted by atomic mass is 10.1. The highest BCUT2D eigenvalue weighted by Crippen LogP contribution is 2.22. The smallest absolute Gasteiger partial charge is 0.296 e. The number of benzene rings is 2. The topological polar surface area (TPSA) is 167 Å². The monoisotopic (exact) mass is 415 g/mol. The van der Waals surface area contributed by atoms with Crippen LogP contribution in [0.4, 0.5) is 16.5 Å². The maximum Gasteiger partial charge on any atom is 0.367 e. The fourth-order valence-corrected chi connectivity index (χ4v) is 3.10. The molecule has 1 amide bonds. The summed E-state index contributed by atoms with van der Waals surface area (Å²) in [5, 5.41) is 24.0. The van der Waals surface area contributed by atoms with Crippen LogP contribution in [-0.4, -0.2) is 30.6 Å². The minimum Gasteiger partial charge on any atom is -0.296 e. The fraction of sp³-hybridized carbons (Fsp3) is 0. The molecule has 1 N–H and O–H groups in total. The van der Waals surface area contributed by atoms with Crippen LogP contribution in [0, 0.1) is 20.2 Å². The first kappa shape index (κ1) is 19.5. The van der Waals surface area contributed by atoms with Crippen LogP contribution in [-0.2, 0) is 0 Å². The van der Waals surface area contributed by atoms with Gasteiger partial charge in [-0.15, -0.1) is 0 Å². The molecule has 29 heavy (non-hydrogen) atoms. The summed E-state index contributed by atoms with van der Waals surface area (Å²) in [6, 6.07) is 10.2. The third-order valence-corrected chi connectivity index (χ3v) is 4.50. The number of nitro benzene ring substituents is 2. The van der Waals surface area contributed by atoms with Crippen molar-refractivity contribution in [2.75, 3.05) is 5.32 Å². The van der Waals surface area contributed by atoms with Crippen LogP contribution in [0.5, 0.6) is 0 Å². The number of aromatic nitrogens is 2. The van der Waals surface area contributed by atoms with E-state index in [-0.39, 0.29) is 16.3 Å². The highest BCUT2D eigenvalue weighted by molar-refractivity contribution is 7.11. The molecule has 0 saturated heterocycles. The SMILES string of the molecule is O=C(Nc1nc(=O)n(C(=O)c2ccccc2[N+](=O)[O-])s1)c1ccccc1[N+](=O)[O-]. The van der Waals surface area contributed by atoms with Gasteiger partial charge in [0, 0.05) is 12.1 Å². The maximum absolute atomic E-state index is 12.5. The van der Waals surface area contributed by atoms with Crippen molar-refractivity contribution >= 4 is 39.9 Å². The summed E-state index contributed by atoms with van der Waals surface area (Å²) < 4.78 is 0.539. The molecule has 0 saturated carbocycles. The van der Waals surface area contributed by atoms with Crippen molar-refractivity contribution in [3.8, 4) is 0 Å². The van der Waals surface area contributed by atoms with Gasteiger partial charge in [0.05, 0.1) is 9.85 Å². The molecule has 0 atom stereocenters. The van der Waals surface area contributed by atoms with Crippen LogP contribution < -0.4 is 11.0 Å². The van der Waals surface area contributed by atoms with Gasteiger partial charge in [-0.05, 0) is 23.7 Å². The molecule has 2 aromatic carbocycles. The summed E-state index contributed by atoms with van der Waals surface area (Å²) in [7, 11) is 0. The second-order valence-corrected chi connectivity index (χ2v) is 6.33. The van der Waals surface area contributed by atoms with Crippen molar-refractivity contribution in [1.82, 2.24) is 8.94 Å². The molecule has 1 aromatic heterocycles. The molecule has 146 valence electrons. The van der Waals surface area contributed by atoms with E-state index in [1.807, 2.05) is 0 Å². The Bertz CT molecular complexity index is 1220. The number of hydrogen-bond acceptors (Lipinski definition) is 9. The lowest BCUT2D eigenvalue weighted by Gasteiger charge is -2.02. The average molecular weight is 415 g/mol. The Kier molecular flexibility index (Phi) is 5.23. The van der Waals surface area contributed by atoms with E-state index >= 15 is 0 Å². The summed E-state index contributed by atoms with van der Waals surface area (Å²) in [5.41, 5.74) is -2.61. The molecular formula is C16H9N5O7S. The van der Waals surface area contributed by atoms with Gasteiger partial charge in [0.1, 0.15) is 11.1 Å². The lowest BCUT2D eigenvalue weighted by molar-refractivity contribution is -0.385. The Labute approximate surface area is 164 Å². The minimum absolute atomic E-state index is 0.267. The molecule has 12 nitrogen and oxygen atoms in total. The standard InChI is InChI=1S/C16H9N5O7S/c22-13(9-5-1-3-7-11(9)20(25)26)17-15-18-16(24)19(29-15)14(23)10-6-2-4-8-12(10)21(27)28/h1-8H,(H,17,18,22,24). The van der Waals surface area contributed by atoms with Crippen molar-refractivity contribution in [2.24, 2.45) is 0 Å². The molecule has 0 aliphatic carbocycles. The number of rotatable bonds is 5. The van der Waals surface area contributed by atoms with Gasteiger partial charge in [0.2, 0.25) is 5.13 Å². The Morgan fingerprint density at radius 2 is 1.45 bits per heavy atom. The zero-order valence-electron chi connectivity index (χ0n) is 14.2. The molecule has 3 rings (SSSR count). The number of carbonyl (C=O) groups is 2. The number of anilines is 1. The van der Waals surface area contributed by atoms with E-state index in [1.165, 1.54) is 36.4 Å². The summed E-state index contributed by atoms with van der Waals surface area (Å²) in [5.74, 6) is -1.90. The van der Waals surface area contributed by atoms with E-state index in [2.05, 4.69) is 10.3 Å². The van der Waals surface area contributed by atoms with E-state index in [0.29, 0.717) is 15.5 Å². The zero-order valence-corrected chi connectivity index (χ0v) is 15.0. The van der Waals surface area contributed by atoms with Gasteiger partial charge in [-0.2, -0.15) is 8.94 Å². The van der Waals surface area contributed by atoms with Crippen molar-refractivity contribution in [3.63, 3.8) is 0 Å². The van der Waals surface area contributed by atoms with Crippen LogP contribution >= 0.6 is 11.5 Å². The fourth-order valence-electron chi connectivity index (χ4n) is 2.37. The minimum atomic E-state index is -1.06. The molecule has 3 aromatic rings. The predicted molar refractivity (Wildman–Crippen MR) is 100 cm³/mol. The van der Waals surface area contributed by atoms with E-state index in [9.17, 15) is 34.6 Å². The number of carbonyl (C=O) groups excluding carboxylic acids is 2. The molecule has 0 radical (unpaired) electrons. The first-order chi connectivity index (χ1) is 13.8. The molecule has 0 aliphatic rings. The number of para-hydroxylation sites is 2. The molecule has 0 unspecified atom stereocenters. The third kappa shape index (κ3) is 3.89. The summed E-state index contributed by atoms with van der Waals surface area (Å²) in [6.07, 6.45) is 0. The summed E-state index contributed by atoms with van der Waals surface area (Å²) in [6.45, 7) is 0. The van der Waals surface area contributed by atoms with Crippen LogP contribution in [0.2, 0.25) is 0 Å². The number of nitrogens with zero attached hydrogens (tertiary/aromatic N) is 4. The highest BCUT2D eigenvalue weighted by atomic mass is 32.1. The van der Waals surface area contributed by atoms with Crippen LogP contribution in [0.25, 0.3) is 0 Å². The summed E-state index contributed by atoms with van der Waals surface area (Å²) >= 11 is 0.439. The van der Waals surface area contributed by atoms with E-state index in [1.54, 1.807) is 0 Å². The quantitative estimate of drug-likeness (QED) is 0.488. The predicted octanol–water partition coefficient (Wildman–Crippen LogP) is 2.06. The zero-order chi connectivity index (χ0) is 21.1. The van der Waals surface area contributed by atoms with Crippen molar-refractivity contribution in [1.29, 1.82) is 0 Å². The molecule has 0 aliphatic heterocycles. The van der Waals surface area contributed by atoms with Gasteiger partial charge in [0.25, 0.3) is 23.2 Å². The second kappa shape index (κ2) is 7.77. The lowest BCUT2D eigenvalue weighted by Crippen LogP contribution is -2.23. The van der Waals surface area contributed by atoms with Gasteiger partial charge >= 0.3 is 5.69 Å². The number of amides is 1. The normalized spacial score (nSPS) is 10.3. The molecule has 0 fully saturated rings. The first-order valence-corrected chi connectivity index (χ1v) is 8.50. The van der Waals surface area contributed by atoms with Gasteiger partial charge in [0.15, 0.2) is 0 Å². The van der Waals surface area contributed by atoms with Crippen molar-refractivity contribution in [2.45, 2.75) is 0 Å². The molecular weight excluding hydrogens is 406 g/mol. The Balaban J connectivity index is 1.91. The van der Waals surface area contributed by atoms with Gasteiger partial charge < -0.3 is 0 Å². The van der Waals surface area contributed by atoms with Crippen LogP contribution in [0.15, 0.2) is 53.3 Å². The third-order valence-electron chi connectivity index (χ3n) is 3.63. The first-order valence-electron chi connectivity index (χ1n) is 7.73. The molecule has 0 bridgehead atoms. The van der Waals surface area contributed by atoms with E-state index in [4.69, 9.17) is 0 Å². The second-order valence-electron chi connectivity index (χ2n) is 5.39.